The Morgan fingerprint density at radius 2 is 2.29 bits per heavy atom. The summed E-state index contributed by atoms with van der Waals surface area (Å²) in [6, 6.07) is -0.0664. The summed E-state index contributed by atoms with van der Waals surface area (Å²) < 4.78 is 5.14. The van der Waals surface area contributed by atoms with Crippen LogP contribution in [0, 0.1) is 13.8 Å². The van der Waals surface area contributed by atoms with Crippen LogP contribution in [0.1, 0.15) is 29.1 Å². The normalized spacial score (nSPS) is 12.6. The number of amides is 1. The number of nitrogens with zero attached hydrogens (tertiary/aromatic N) is 1. The molecule has 1 aromatic rings. The Hall–Kier alpha value is -1.36. The SMILES string of the molecule is Cc1nc(C)c(C(=O)NCC(C)N)o1. The van der Waals surface area contributed by atoms with E-state index in [1.807, 2.05) is 6.92 Å². The highest BCUT2D eigenvalue weighted by Crippen LogP contribution is 2.08. The highest BCUT2D eigenvalue weighted by atomic mass is 16.4. The molecule has 3 N–H and O–H groups in total. The number of carbonyl (C=O) groups is 1. The molecule has 1 amide bonds. The Morgan fingerprint density at radius 3 is 2.71 bits per heavy atom. The first-order valence-corrected chi connectivity index (χ1v) is 4.48. The van der Waals surface area contributed by atoms with Crippen molar-refractivity contribution in [1.82, 2.24) is 10.3 Å². The lowest BCUT2D eigenvalue weighted by atomic mass is 10.3. The van der Waals surface area contributed by atoms with Crippen LogP contribution in [0.25, 0.3) is 0 Å². The van der Waals surface area contributed by atoms with Crippen molar-refractivity contribution in [3.05, 3.63) is 17.3 Å². The van der Waals surface area contributed by atoms with Gasteiger partial charge in [0.05, 0.1) is 5.69 Å². The van der Waals surface area contributed by atoms with Crippen LogP contribution in [0.5, 0.6) is 0 Å². The standard InChI is InChI=1S/C9H15N3O2/c1-5(10)4-11-9(13)8-6(2)12-7(3)14-8/h5H,4,10H2,1-3H3,(H,11,13). The highest BCUT2D eigenvalue weighted by molar-refractivity contribution is 5.92. The van der Waals surface area contributed by atoms with Gasteiger partial charge in [-0.1, -0.05) is 0 Å². The van der Waals surface area contributed by atoms with Gasteiger partial charge >= 0.3 is 0 Å². The van der Waals surface area contributed by atoms with Gasteiger partial charge < -0.3 is 15.5 Å². The topological polar surface area (TPSA) is 81.2 Å². The maximum absolute atomic E-state index is 11.5. The van der Waals surface area contributed by atoms with Gasteiger partial charge in [-0.05, 0) is 13.8 Å². The summed E-state index contributed by atoms with van der Waals surface area (Å²) in [6.45, 7) is 5.68. The monoisotopic (exact) mass is 197 g/mol. The maximum Gasteiger partial charge on any atom is 0.289 e. The van der Waals surface area contributed by atoms with Gasteiger partial charge in [0.1, 0.15) is 0 Å². The van der Waals surface area contributed by atoms with E-state index in [0.29, 0.717) is 18.1 Å². The first kappa shape index (κ1) is 10.7. The number of nitrogens with one attached hydrogen (secondary N) is 1. The quantitative estimate of drug-likeness (QED) is 0.733. The molecule has 1 heterocycles. The summed E-state index contributed by atoms with van der Waals surface area (Å²) in [5.41, 5.74) is 6.10. The largest absolute Gasteiger partial charge is 0.436 e. The van der Waals surface area contributed by atoms with Crippen molar-refractivity contribution in [2.24, 2.45) is 5.73 Å². The van der Waals surface area contributed by atoms with E-state index in [0.717, 1.165) is 0 Å². The van der Waals surface area contributed by atoms with Gasteiger partial charge in [-0.3, -0.25) is 4.79 Å². The fraction of sp³-hybridized carbons (Fsp3) is 0.556. The zero-order valence-corrected chi connectivity index (χ0v) is 8.63. The summed E-state index contributed by atoms with van der Waals surface area (Å²) in [4.78, 5) is 15.5. The Bertz CT molecular complexity index is 331. The van der Waals surface area contributed by atoms with Crippen molar-refractivity contribution >= 4 is 5.91 Å². The predicted octanol–water partition coefficient (Wildman–Crippen LogP) is 0.368. The number of hydrogen-bond donors (Lipinski definition) is 2. The summed E-state index contributed by atoms with van der Waals surface area (Å²) in [5.74, 6) is 0.497. The number of rotatable bonds is 3. The summed E-state index contributed by atoms with van der Waals surface area (Å²) in [7, 11) is 0. The predicted molar refractivity (Wildman–Crippen MR) is 52.0 cm³/mol. The van der Waals surface area contributed by atoms with Crippen LogP contribution < -0.4 is 11.1 Å². The van der Waals surface area contributed by atoms with Gasteiger partial charge in [0, 0.05) is 19.5 Å². The van der Waals surface area contributed by atoms with Gasteiger partial charge in [-0.25, -0.2) is 4.98 Å². The summed E-state index contributed by atoms with van der Waals surface area (Å²) in [6.07, 6.45) is 0. The molecule has 0 fully saturated rings. The molecular weight excluding hydrogens is 182 g/mol. The summed E-state index contributed by atoms with van der Waals surface area (Å²) in [5, 5.41) is 2.65. The average molecular weight is 197 g/mol. The van der Waals surface area contributed by atoms with E-state index in [-0.39, 0.29) is 17.7 Å². The summed E-state index contributed by atoms with van der Waals surface area (Å²) >= 11 is 0. The molecule has 1 rings (SSSR count). The van der Waals surface area contributed by atoms with Crippen LogP contribution >= 0.6 is 0 Å². The van der Waals surface area contributed by atoms with Crippen molar-refractivity contribution in [3.8, 4) is 0 Å². The molecule has 0 radical (unpaired) electrons. The Kier molecular flexibility index (Phi) is 3.24. The zero-order chi connectivity index (χ0) is 10.7. The number of carbonyl (C=O) groups excluding carboxylic acids is 1. The second-order valence-corrected chi connectivity index (χ2v) is 3.33. The lowest BCUT2D eigenvalue weighted by Crippen LogP contribution is -2.35. The van der Waals surface area contributed by atoms with E-state index in [1.54, 1.807) is 13.8 Å². The molecule has 0 saturated carbocycles. The van der Waals surface area contributed by atoms with Crippen LogP contribution in [-0.2, 0) is 0 Å². The molecule has 0 aromatic carbocycles. The third kappa shape index (κ3) is 2.56. The minimum absolute atomic E-state index is 0.0664. The van der Waals surface area contributed by atoms with Crippen LogP contribution in [-0.4, -0.2) is 23.5 Å². The van der Waals surface area contributed by atoms with Crippen LogP contribution in [0.3, 0.4) is 0 Å². The highest BCUT2D eigenvalue weighted by Gasteiger charge is 2.15. The first-order valence-electron chi connectivity index (χ1n) is 4.48. The molecule has 0 spiro atoms. The molecule has 0 bridgehead atoms. The molecule has 1 atom stereocenters. The van der Waals surface area contributed by atoms with E-state index < -0.39 is 0 Å². The van der Waals surface area contributed by atoms with Crippen LogP contribution in [0.15, 0.2) is 4.42 Å². The number of aryl methyl sites for hydroxylation is 2. The number of oxazole rings is 1. The van der Waals surface area contributed by atoms with E-state index in [2.05, 4.69) is 10.3 Å². The first-order chi connectivity index (χ1) is 6.50. The van der Waals surface area contributed by atoms with Crippen molar-refractivity contribution < 1.29 is 9.21 Å². The van der Waals surface area contributed by atoms with Crippen molar-refractivity contribution in [2.75, 3.05) is 6.54 Å². The molecule has 5 heteroatoms. The Labute approximate surface area is 82.7 Å². The van der Waals surface area contributed by atoms with E-state index in [4.69, 9.17) is 10.2 Å². The molecule has 78 valence electrons. The van der Waals surface area contributed by atoms with Crippen molar-refractivity contribution in [1.29, 1.82) is 0 Å². The average Bonchev–Trinajstić information content (AvgIpc) is 2.41. The van der Waals surface area contributed by atoms with Gasteiger partial charge in [0.15, 0.2) is 5.89 Å². The van der Waals surface area contributed by atoms with Gasteiger partial charge in [-0.15, -0.1) is 0 Å². The van der Waals surface area contributed by atoms with Crippen molar-refractivity contribution in [2.45, 2.75) is 26.8 Å². The molecular formula is C9H15N3O2. The maximum atomic E-state index is 11.5. The third-order valence-electron chi connectivity index (χ3n) is 1.69. The third-order valence-corrected chi connectivity index (χ3v) is 1.69. The number of nitrogens with two attached hydrogens (primary N) is 1. The van der Waals surface area contributed by atoms with Crippen LogP contribution in [0.4, 0.5) is 0 Å². The lowest BCUT2D eigenvalue weighted by Gasteiger charge is -2.05. The molecule has 5 nitrogen and oxygen atoms in total. The van der Waals surface area contributed by atoms with E-state index >= 15 is 0 Å². The number of hydrogen-bond acceptors (Lipinski definition) is 4. The number of aromatic nitrogens is 1. The molecule has 0 aliphatic carbocycles. The second kappa shape index (κ2) is 4.23. The fourth-order valence-corrected chi connectivity index (χ4v) is 1.08. The Balaban J connectivity index is 2.65. The Morgan fingerprint density at radius 1 is 1.64 bits per heavy atom. The smallest absolute Gasteiger partial charge is 0.289 e. The van der Waals surface area contributed by atoms with Gasteiger partial charge in [-0.2, -0.15) is 0 Å². The molecule has 1 unspecified atom stereocenters. The van der Waals surface area contributed by atoms with Crippen LogP contribution in [0.2, 0.25) is 0 Å². The minimum Gasteiger partial charge on any atom is -0.436 e. The fourth-order valence-electron chi connectivity index (χ4n) is 1.08. The molecule has 1 aromatic heterocycles. The zero-order valence-electron chi connectivity index (χ0n) is 8.63. The van der Waals surface area contributed by atoms with Gasteiger partial charge in [0.25, 0.3) is 5.91 Å². The lowest BCUT2D eigenvalue weighted by molar-refractivity contribution is 0.0922. The second-order valence-electron chi connectivity index (χ2n) is 3.33. The van der Waals surface area contributed by atoms with E-state index in [1.165, 1.54) is 0 Å². The molecule has 0 saturated heterocycles. The van der Waals surface area contributed by atoms with E-state index in [9.17, 15) is 4.79 Å². The van der Waals surface area contributed by atoms with Crippen molar-refractivity contribution in [3.63, 3.8) is 0 Å². The molecule has 0 aliphatic heterocycles. The van der Waals surface area contributed by atoms with Gasteiger partial charge in [0.2, 0.25) is 5.76 Å². The molecule has 0 aliphatic rings. The minimum atomic E-state index is -0.264. The molecule has 14 heavy (non-hydrogen) atoms.